The van der Waals surface area contributed by atoms with Gasteiger partial charge in [0.1, 0.15) is 5.75 Å². The van der Waals surface area contributed by atoms with Crippen LogP contribution in [0, 0.1) is 5.92 Å². The number of benzene rings is 1. The van der Waals surface area contributed by atoms with Gasteiger partial charge in [-0.25, -0.2) is 0 Å². The largest absolute Gasteiger partial charge is 0.497 e. The maximum Gasteiger partial charge on any atom is 0.230 e. The Hall–Kier alpha value is -1.55. The van der Waals surface area contributed by atoms with Crippen molar-refractivity contribution in [2.45, 2.75) is 45.6 Å². The van der Waals surface area contributed by atoms with Gasteiger partial charge in [-0.15, -0.1) is 0 Å². The lowest BCUT2D eigenvalue weighted by molar-refractivity contribution is -0.126. The summed E-state index contributed by atoms with van der Waals surface area (Å²) in [6.07, 6.45) is 0.765. The van der Waals surface area contributed by atoms with E-state index < -0.39 is 5.41 Å². The monoisotopic (exact) mass is 293 g/mol. The Morgan fingerprint density at radius 1 is 1.29 bits per heavy atom. The van der Waals surface area contributed by atoms with Gasteiger partial charge in [-0.05, 0) is 43.9 Å². The number of nitrogens with one attached hydrogen (secondary N) is 1. The highest BCUT2D eigenvalue weighted by Gasteiger charge is 2.31. The van der Waals surface area contributed by atoms with Crippen molar-refractivity contribution < 1.29 is 14.6 Å². The minimum absolute atomic E-state index is 0.0391. The van der Waals surface area contributed by atoms with Gasteiger partial charge < -0.3 is 15.2 Å². The predicted molar refractivity (Wildman–Crippen MR) is 84.5 cm³/mol. The first kappa shape index (κ1) is 17.5. The summed E-state index contributed by atoms with van der Waals surface area (Å²) in [5.74, 6) is 1.11. The SMILES string of the molecule is COc1ccc(C(C)(C)C(=O)NC(CO)CC(C)C)cc1. The first-order valence-electron chi connectivity index (χ1n) is 7.37. The Morgan fingerprint density at radius 2 is 1.86 bits per heavy atom. The molecule has 21 heavy (non-hydrogen) atoms. The molecule has 4 heteroatoms. The fourth-order valence-electron chi connectivity index (χ4n) is 2.25. The van der Waals surface area contributed by atoms with Crippen LogP contribution in [-0.4, -0.2) is 30.8 Å². The number of aliphatic hydroxyl groups excluding tert-OH is 1. The summed E-state index contributed by atoms with van der Waals surface area (Å²) in [4.78, 5) is 12.5. The Labute approximate surface area is 127 Å². The molecule has 0 aromatic heterocycles. The molecule has 0 saturated heterocycles. The van der Waals surface area contributed by atoms with E-state index in [1.165, 1.54) is 0 Å². The number of carbonyl (C=O) groups excluding carboxylic acids is 1. The zero-order valence-electron chi connectivity index (χ0n) is 13.6. The summed E-state index contributed by atoms with van der Waals surface area (Å²) in [5, 5.41) is 12.3. The normalized spacial score (nSPS) is 13.1. The van der Waals surface area contributed by atoms with Crippen molar-refractivity contribution in [3.63, 3.8) is 0 Å². The lowest BCUT2D eigenvalue weighted by atomic mass is 9.83. The third-order valence-electron chi connectivity index (χ3n) is 3.69. The number of hydrogen-bond donors (Lipinski definition) is 2. The van der Waals surface area contributed by atoms with Crippen molar-refractivity contribution in [2.75, 3.05) is 13.7 Å². The number of aliphatic hydroxyl groups is 1. The van der Waals surface area contributed by atoms with Crippen LogP contribution in [0.1, 0.15) is 39.7 Å². The van der Waals surface area contributed by atoms with Gasteiger partial charge in [-0.2, -0.15) is 0 Å². The van der Waals surface area contributed by atoms with Crippen molar-refractivity contribution in [3.8, 4) is 5.75 Å². The molecule has 118 valence electrons. The minimum atomic E-state index is -0.656. The molecule has 4 nitrogen and oxygen atoms in total. The Kier molecular flexibility index (Phi) is 6.21. The standard InChI is InChI=1S/C17H27NO3/c1-12(2)10-14(11-19)18-16(20)17(3,4)13-6-8-15(21-5)9-7-13/h6-9,12,14,19H,10-11H2,1-5H3,(H,18,20). The van der Waals surface area contributed by atoms with Crippen molar-refractivity contribution in [1.82, 2.24) is 5.32 Å². The van der Waals surface area contributed by atoms with Crippen LogP contribution in [-0.2, 0) is 10.2 Å². The molecule has 1 aromatic carbocycles. The van der Waals surface area contributed by atoms with E-state index in [0.717, 1.165) is 17.7 Å². The smallest absolute Gasteiger partial charge is 0.230 e. The molecule has 0 bridgehead atoms. The molecule has 0 aliphatic heterocycles. The fourth-order valence-corrected chi connectivity index (χ4v) is 2.25. The quantitative estimate of drug-likeness (QED) is 0.812. The van der Waals surface area contributed by atoms with E-state index in [1.807, 2.05) is 38.1 Å². The molecule has 1 unspecified atom stereocenters. The van der Waals surface area contributed by atoms with Crippen molar-refractivity contribution in [3.05, 3.63) is 29.8 Å². The first-order chi connectivity index (χ1) is 9.81. The summed E-state index contributed by atoms with van der Waals surface area (Å²) in [6.45, 7) is 7.87. The number of hydrogen-bond acceptors (Lipinski definition) is 3. The lowest BCUT2D eigenvalue weighted by Gasteiger charge is -2.28. The Bertz CT molecular complexity index is 452. The molecule has 0 saturated carbocycles. The average molecular weight is 293 g/mol. The minimum Gasteiger partial charge on any atom is -0.497 e. The van der Waals surface area contributed by atoms with E-state index in [0.29, 0.717) is 5.92 Å². The molecular formula is C17H27NO3. The summed E-state index contributed by atoms with van der Waals surface area (Å²) in [5.41, 5.74) is 0.262. The molecule has 1 aromatic rings. The summed E-state index contributed by atoms with van der Waals surface area (Å²) in [7, 11) is 1.62. The van der Waals surface area contributed by atoms with Gasteiger partial charge >= 0.3 is 0 Å². The van der Waals surface area contributed by atoms with Crippen LogP contribution >= 0.6 is 0 Å². The van der Waals surface area contributed by atoms with E-state index in [2.05, 4.69) is 19.2 Å². The molecule has 0 heterocycles. The van der Waals surface area contributed by atoms with E-state index in [1.54, 1.807) is 7.11 Å². The van der Waals surface area contributed by atoms with Gasteiger partial charge in [0.05, 0.1) is 25.2 Å². The van der Waals surface area contributed by atoms with E-state index in [9.17, 15) is 9.90 Å². The predicted octanol–water partition coefficient (Wildman–Crippen LogP) is 2.50. The third-order valence-corrected chi connectivity index (χ3v) is 3.69. The second kappa shape index (κ2) is 7.46. The van der Waals surface area contributed by atoms with E-state index in [-0.39, 0.29) is 18.6 Å². The van der Waals surface area contributed by atoms with Crippen molar-refractivity contribution >= 4 is 5.91 Å². The fraction of sp³-hybridized carbons (Fsp3) is 0.588. The van der Waals surface area contributed by atoms with Crippen molar-refractivity contribution in [1.29, 1.82) is 0 Å². The Balaban J connectivity index is 2.81. The number of ether oxygens (including phenoxy) is 1. The number of rotatable bonds is 7. The van der Waals surface area contributed by atoms with Gasteiger partial charge in [-0.1, -0.05) is 26.0 Å². The highest BCUT2D eigenvalue weighted by molar-refractivity contribution is 5.87. The van der Waals surface area contributed by atoms with Gasteiger partial charge in [0.15, 0.2) is 0 Å². The summed E-state index contributed by atoms with van der Waals surface area (Å²) < 4.78 is 5.13. The molecular weight excluding hydrogens is 266 g/mol. The van der Waals surface area contributed by atoms with Gasteiger partial charge in [0.2, 0.25) is 5.91 Å². The van der Waals surface area contributed by atoms with Crippen LogP contribution in [0.5, 0.6) is 5.75 Å². The van der Waals surface area contributed by atoms with Crippen LogP contribution in [0.25, 0.3) is 0 Å². The van der Waals surface area contributed by atoms with E-state index >= 15 is 0 Å². The molecule has 0 fully saturated rings. The van der Waals surface area contributed by atoms with Crippen molar-refractivity contribution in [2.24, 2.45) is 5.92 Å². The average Bonchev–Trinajstić information content (AvgIpc) is 2.45. The number of methoxy groups -OCH3 is 1. The maximum atomic E-state index is 12.5. The molecule has 2 N–H and O–H groups in total. The van der Waals surface area contributed by atoms with Crippen LogP contribution in [0.15, 0.2) is 24.3 Å². The molecule has 0 aliphatic rings. The van der Waals surface area contributed by atoms with Gasteiger partial charge in [0, 0.05) is 0 Å². The van der Waals surface area contributed by atoms with Crippen LogP contribution < -0.4 is 10.1 Å². The molecule has 1 amide bonds. The number of amides is 1. The second-order valence-electron chi connectivity index (χ2n) is 6.34. The zero-order chi connectivity index (χ0) is 16.0. The molecule has 0 spiro atoms. The first-order valence-corrected chi connectivity index (χ1v) is 7.37. The zero-order valence-corrected chi connectivity index (χ0v) is 13.6. The number of carbonyl (C=O) groups is 1. The van der Waals surface area contributed by atoms with E-state index in [4.69, 9.17) is 4.74 Å². The highest BCUT2D eigenvalue weighted by Crippen LogP contribution is 2.25. The van der Waals surface area contributed by atoms with Gasteiger partial charge in [-0.3, -0.25) is 4.79 Å². The maximum absolute atomic E-state index is 12.5. The molecule has 0 aliphatic carbocycles. The van der Waals surface area contributed by atoms with Crippen LogP contribution in [0.3, 0.4) is 0 Å². The third kappa shape index (κ3) is 4.74. The molecule has 1 atom stereocenters. The van der Waals surface area contributed by atoms with Gasteiger partial charge in [0.25, 0.3) is 0 Å². The lowest BCUT2D eigenvalue weighted by Crippen LogP contribution is -2.47. The van der Waals surface area contributed by atoms with Crippen LogP contribution in [0.4, 0.5) is 0 Å². The Morgan fingerprint density at radius 3 is 2.29 bits per heavy atom. The second-order valence-corrected chi connectivity index (χ2v) is 6.34. The summed E-state index contributed by atoms with van der Waals surface area (Å²) in [6, 6.07) is 7.29. The topological polar surface area (TPSA) is 58.6 Å². The summed E-state index contributed by atoms with van der Waals surface area (Å²) >= 11 is 0. The molecule has 1 rings (SSSR count). The highest BCUT2D eigenvalue weighted by atomic mass is 16.5. The molecule has 0 radical (unpaired) electrons. The van der Waals surface area contributed by atoms with Crippen LogP contribution in [0.2, 0.25) is 0 Å².